The maximum Gasteiger partial charge on any atom is 0.488 e. The van der Waals surface area contributed by atoms with Crippen molar-refractivity contribution in [2.45, 2.75) is 51.7 Å². The molecule has 0 atom stereocenters. The minimum absolute atomic E-state index is 0.0277. The molecule has 1 aliphatic rings. The van der Waals surface area contributed by atoms with E-state index in [-0.39, 0.29) is 5.91 Å². The van der Waals surface area contributed by atoms with E-state index in [4.69, 9.17) is 14.8 Å². The van der Waals surface area contributed by atoms with Crippen molar-refractivity contribution in [2.75, 3.05) is 13.1 Å². The molecule has 1 fully saturated rings. The first-order chi connectivity index (χ1) is 16.1. The van der Waals surface area contributed by atoms with Gasteiger partial charge in [0.2, 0.25) is 5.91 Å². The van der Waals surface area contributed by atoms with Crippen LogP contribution in [0.5, 0.6) is 0 Å². The zero-order valence-electron chi connectivity index (χ0n) is 20.0. The molecule has 0 aliphatic carbocycles. The molecule has 7 nitrogen and oxygen atoms in total. The fraction of sp³-hybridized carbons (Fsp3) is 0.385. The summed E-state index contributed by atoms with van der Waals surface area (Å²) in [6, 6.07) is 14.9. The van der Waals surface area contributed by atoms with E-state index in [9.17, 15) is 9.59 Å². The number of hydrogen-bond acceptors (Lipinski definition) is 5. The molecule has 34 heavy (non-hydrogen) atoms. The Labute approximate surface area is 201 Å². The minimum atomic E-state index is -1.50. The summed E-state index contributed by atoms with van der Waals surface area (Å²) in [6.07, 6.45) is 4.63. The zero-order chi connectivity index (χ0) is 24.7. The molecule has 180 valence electrons. The highest BCUT2D eigenvalue weighted by Crippen LogP contribution is 2.28. The van der Waals surface area contributed by atoms with Crippen molar-refractivity contribution >= 4 is 30.7 Å². The number of amides is 2. The molecule has 0 aromatic heterocycles. The first-order valence-electron chi connectivity index (χ1n) is 11.6. The van der Waals surface area contributed by atoms with E-state index in [1.54, 1.807) is 36.4 Å². The minimum Gasteiger partial charge on any atom is -0.444 e. The number of hydrogen-bond donors (Lipinski definition) is 3. The van der Waals surface area contributed by atoms with Gasteiger partial charge in [0.05, 0.1) is 0 Å². The second-order valence-electron chi connectivity index (χ2n) is 9.57. The van der Waals surface area contributed by atoms with Crippen LogP contribution in [0.3, 0.4) is 0 Å². The van der Waals surface area contributed by atoms with Crippen molar-refractivity contribution < 1.29 is 24.4 Å². The molecule has 1 heterocycles. The third kappa shape index (κ3) is 7.75. The largest absolute Gasteiger partial charge is 0.488 e. The lowest BCUT2D eigenvalue weighted by Gasteiger charge is -2.31. The van der Waals surface area contributed by atoms with Crippen LogP contribution in [0.2, 0.25) is 0 Å². The molecule has 2 aromatic rings. The van der Waals surface area contributed by atoms with Crippen molar-refractivity contribution in [2.24, 2.45) is 0 Å². The Balaban J connectivity index is 1.50. The Kier molecular flexibility index (Phi) is 8.53. The lowest BCUT2D eigenvalue weighted by Crippen LogP contribution is -2.36. The molecule has 2 aromatic carbocycles. The molecule has 1 saturated heterocycles. The number of ether oxygens (including phenoxy) is 1. The van der Waals surface area contributed by atoms with E-state index in [1.807, 2.05) is 37.8 Å². The summed E-state index contributed by atoms with van der Waals surface area (Å²) in [7, 11) is -1.50. The van der Waals surface area contributed by atoms with Gasteiger partial charge in [0, 0.05) is 25.7 Å². The van der Waals surface area contributed by atoms with E-state index < -0.39 is 18.8 Å². The third-order valence-corrected chi connectivity index (χ3v) is 5.72. The number of carbonyl (C=O) groups is 2. The van der Waals surface area contributed by atoms with E-state index >= 15 is 0 Å². The molecular weight excluding hydrogens is 431 g/mol. The first kappa shape index (κ1) is 25.5. The predicted octanol–water partition coefficient (Wildman–Crippen LogP) is 2.81. The van der Waals surface area contributed by atoms with Gasteiger partial charge in [0.1, 0.15) is 5.60 Å². The fourth-order valence-electron chi connectivity index (χ4n) is 3.93. The summed E-state index contributed by atoms with van der Waals surface area (Å²) in [4.78, 5) is 26.4. The third-order valence-electron chi connectivity index (χ3n) is 5.72. The van der Waals surface area contributed by atoms with E-state index in [1.165, 1.54) is 5.56 Å². The summed E-state index contributed by atoms with van der Waals surface area (Å²) in [5.41, 5.74) is 2.95. The number of rotatable bonds is 6. The average Bonchev–Trinajstić information content (AvgIpc) is 2.80. The van der Waals surface area contributed by atoms with Gasteiger partial charge >= 0.3 is 13.2 Å². The van der Waals surface area contributed by atoms with Crippen molar-refractivity contribution in [3.63, 3.8) is 0 Å². The highest BCUT2D eigenvalue weighted by atomic mass is 16.6. The van der Waals surface area contributed by atoms with Gasteiger partial charge in [-0.1, -0.05) is 48.5 Å². The van der Waals surface area contributed by atoms with Crippen LogP contribution in [0.4, 0.5) is 4.79 Å². The van der Waals surface area contributed by atoms with Crippen molar-refractivity contribution in [3.05, 3.63) is 71.3 Å². The van der Waals surface area contributed by atoms with Crippen LogP contribution in [0.1, 0.15) is 56.2 Å². The predicted molar refractivity (Wildman–Crippen MR) is 133 cm³/mol. The summed E-state index contributed by atoms with van der Waals surface area (Å²) < 4.78 is 5.29. The molecule has 0 radical (unpaired) electrons. The number of alkyl carbamates (subject to hydrolysis) is 1. The van der Waals surface area contributed by atoms with E-state index in [2.05, 4.69) is 17.4 Å². The number of carbonyl (C=O) groups excluding carboxylic acids is 2. The van der Waals surface area contributed by atoms with Gasteiger partial charge < -0.3 is 25.0 Å². The van der Waals surface area contributed by atoms with E-state index in [0.717, 1.165) is 24.0 Å². The number of likely N-dealkylation sites (tertiary alicyclic amines) is 1. The molecular formula is C26H33BN2O5. The van der Waals surface area contributed by atoms with Gasteiger partial charge in [-0.3, -0.25) is 4.79 Å². The summed E-state index contributed by atoms with van der Waals surface area (Å²) in [6.45, 7) is 7.28. The number of nitrogens with one attached hydrogen (secondary N) is 1. The first-order valence-corrected chi connectivity index (χ1v) is 11.6. The highest BCUT2D eigenvalue weighted by Gasteiger charge is 2.23. The van der Waals surface area contributed by atoms with Crippen LogP contribution >= 0.6 is 0 Å². The van der Waals surface area contributed by atoms with Crippen LogP contribution in [0, 0.1) is 0 Å². The van der Waals surface area contributed by atoms with Crippen LogP contribution in [0.25, 0.3) is 6.08 Å². The lowest BCUT2D eigenvalue weighted by molar-refractivity contribution is -0.126. The van der Waals surface area contributed by atoms with Crippen molar-refractivity contribution in [3.8, 4) is 0 Å². The summed E-state index contributed by atoms with van der Waals surface area (Å²) in [5, 5.41) is 21.1. The van der Waals surface area contributed by atoms with Crippen LogP contribution in [0.15, 0.2) is 54.6 Å². The average molecular weight is 464 g/mol. The van der Waals surface area contributed by atoms with Gasteiger partial charge in [0.25, 0.3) is 0 Å². The molecule has 1 aliphatic heterocycles. The van der Waals surface area contributed by atoms with E-state index in [0.29, 0.717) is 31.0 Å². The Morgan fingerprint density at radius 3 is 2.41 bits per heavy atom. The SMILES string of the molecule is CC(C)(C)OC(=O)NCc1cccc(C2CCN(C(=O)/C=C/c3ccc(B(O)O)cc3)CC2)c1. The Morgan fingerprint density at radius 1 is 1.12 bits per heavy atom. The quantitative estimate of drug-likeness (QED) is 0.451. The fourth-order valence-corrected chi connectivity index (χ4v) is 3.93. The molecule has 0 saturated carbocycles. The summed E-state index contributed by atoms with van der Waals surface area (Å²) >= 11 is 0. The van der Waals surface area contributed by atoms with Gasteiger partial charge in [-0.15, -0.1) is 0 Å². The Hall–Kier alpha value is -3.10. The van der Waals surface area contributed by atoms with Crippen molar-refractivity contribution in [1.82, 2.24) is 10.2 Å². The number of piperidine rings is 1. The molecule has 3 rings (SSSR count). The summed E-state index contributed by atoms with van der Waals surface area (Å²) in [5.74, 6) is 0.340. The standard InChI is InChI=1S/C26H33BN2O5/c1-26(2,3)34-25(31)28-18-20-5-4-6-22(17-20)21-13-15-29(16-14-21)24(30)12-9-19-7-10-23(11-8-19)27(32)33/h4-12,17,21,32-33H,13-16,18H2,1-3H3,(H,28,31)/b12-9+. The second kappa shape index (κ2) is 11.4. The van der Waals surface area contributed by atoms with Gasteiger partial charge in [0.15, 0.2) is 0 Å². The molecule has 8 heteroatoms. The molecule has 0 unspecified atom stereocenters. The van der Waals surface area contributed by atoms with Crippen LogP contribution in [-0.4, -0.2) is 52.8 Å². The van der Waals surface area contributed by atoms with Gasteiger partial charge in [-0.25, -0.2) is 4.79 Å². The Bertz CT molecular complexity index is 1010. The second-order valence-corrected chi connectivity index (χ2v) is 9.57. The maximum absolute atomic E-state index is 12.6. The lowest BCUT2D eigenvalue weighted by atomic mass is 9.80. The van der Waals surface area contributed by atoms with Crippen molar-refractivity contribution in [1.29, 1.82) is 0 Å². The highest BCUT2D eigenvalue weighted by molar-refractivity contribution is 6.58. The molecule has 3 N–H and O–H groups in total. The topological polar surface area (TPSA) is 99.1 Å². The van der Waals surface area contributed by atoms with Gasteiger partial charge in [-0.2, -0.15) is 0 Å². The van der Waals surface area contributed by atoms with Crippen LogP contribution < -0.4 is 10.8 Å². The smallest absolute Gasteiger partial charge is 0.444 e. The number of benzene rings is 2. The maximum atomic E-state index is 12.6. The van der Waals surface area contributed by atoms with Gasteiger partial charge in [-0.05, 0) is 67.8 Å². The van der Waals surface area contributed by atoms with Crippen LogP contribution in [-0.2, 0) is 16.1 Å². The normalized spacial score (nSPS) is 14.8. The molecule has 0 spiro atoms. The number of nitrogens with zero attached hydrogens (tertiary/aromatic N) is 1. The zero-order valence-corrected chi connectivity index (χ0v) is 20.0. The monoisotopic (exact) mass is 464 g/mol. The Morgan fingerprint density at radius 2 is 1.79 bits per heavy atom. The molecule has 2 amide bonds. The molecule has 0 bridgehead atoms.